The highest BCUT2D eigenvalue weighted by Crippen LogP contribution is 2.33. The summed E-state index contributed by atoms with van der Waals surface area (Å²) in [7, 11) is 0. The van der Waals surface area contributed by atoms with Gasteiger partial charge in [-0.05, 0) is 0 Å². The lowest BCUT2D eigenvalue weighted by atomic mass is 10.1. The number of alkyl halides is 2. The monoisotopic (exact) mass is 218 g/mol. The summed E-state index contributed by atoms with van der Waals surface area (Å²) in [5, 5.41) is 17.7. The lowest BCUT2D eigenvalue weighted by molar-refractivity contribution is 0.141. The Morgan fingerprint density at radius 3 is 2.79 bits per heavy atom. The van der Waals surface area contributed by atoms with Crippen LogP contribution in [0.5, 0.6) is 5.75 Å². The third-order valence-electron chi connectivity index (χ3n) is 1.60. The van der Waals surface area contributed by atoms with Crippen molar-refractivity contribution in [2.75, 3.05) is 0 Å². The SMILES string of the molecule is N#CCc1c(Cl)cnc(C(F)F)c1O. The van der Waals surface area contributed by atoms with Crippen molar-refractivity contribution in [2.24, 2.45) is 0 Å². The van der Waals surface area contributed by atoms with Gasteiger partial charge in [-0.1, -0.05) is 11.6 Å². The number of nitriles is 1. The molecule has 0 unspecified atom stereocenters. The average molecular weight is 219 g/mol. The Morgan fingerprint density at radius 1 is 1.64 bits per heavy atom. The molecule has 1 aromatic rings. The Morgan fingerprint density at radius 2 is 2.29 bits per heavy atom. The molecule has 0 bridgehead atoms. The number of aromatic nitrogens is 1. The van der Waals surface area contributed by atoms with Crippen LogP contribution in [0.3, 0.4) is 0 Å². The van der Waals surface area contributed by atoms with E-state index in [-0.39, 0.29) is 17.0 Å². The predicted octanol–water partition coefficient (Wildman–Crippen LogP) is 2.44. The van der Waals surface area contributed by atoms with Crippen LogP contribution < -0.4 is 0 Å². The average Bonchev–Trinajstić information content (AvgIpc) is 2.11. The van der Waals surface area contributed by atoms with Crippen LogP contribution in [0.15, 0.2) is 6.20 Å². The number of hydrogen-bond acceptors (Lipinski definition) is 3. The number of aromatic hydroxyl groups is 1. The molecular formula is C8H5ClF2N2O. The Balaban J connectivity index is 3.27. The van der Waals surface area contributed by atoms with E-state index in [1.165, 1.54) is 0 Å². The Bertz CT molecular complexity index is 390. The van der Waals surface area contributed by atoms with Crippen molar-refractivity contribution in [3.8, 4) is 11.8 Å². The largest absolute Gasteiger partial charge is 0.505 e. The summed E-state index contributed by atoms with van der Waals surface area (Å²) in [6.45, 7) is 0. The zero-order valence-corrected chi connectivity index (χ0v) is 7.59. The molecule has 0 saturated carbocycles. The van der Waals surface area contributed by atoms with E-state index in [0.29, 0.717) is 0 Å². The van der Waals surface area contributed by atoms with E-state index in [1.807, 2.05) is 0 Å². The van der Waals surface area contributed by atoms with Crippen LogP contribution in [0.25, 0.3) is 0 Å². The number of pyridine rings is 1. The lowest BCUT2D eigenvalue weighted by Crippen LogP contribution is -1.96. The maximum absolute atomic E-state index is 12.2. The quantitative estimate of drug-likeness (QED) is 0.830. The first-order valence-electron chi connectivity index (χ1n) is 3.59. The molecule has 0 saturated heterocycles. The van der Waals surface area contributed by atoms with Crippen LogP contribution in [0.1, 0.15) is 17.7 Å². The van der Waals surface area contributed by atoms with Crippen molar-refractivity contribution in [3.63, 3.8) is 0 Å². The number of nitrogens with zero attached hydrogens (tertiary/aromatic N) is 2. The normalized spacial score (nSPS) is 10.2. The van der Waals surface area contributed by atoms with E-state index >= 15 is 0 Å². The van der Waals surface area contributed by atoms with Gasteiger partial charge in [0.15, 0.2) is 0 Å². The molecule has 1 N–H and O–H groups in total. The van der Waals surface area contributed by atoms with Crippen molar-refractivity contribution in [1.82, 2.24) is 4.98 Å². The van der Waals surface area contributed by atoms with E-state index in [1.54, 1.807) is 6.07 Å². The predicted molar refractivity (Wildman–Crippen MR) is 45.2 cm³/mol. The molecule has 0 aliphatic carbocycles. The maximum Gasteiger partial charge on any atom is 0.284 e. The number of halogens is 3. The summed E-state index contributed by atoms with van der Waals surface area (Å²) >= 11 is 5.57. The van der Waals surface area contributed by atoms with Gasteiger partial charge < -0.3 is 5.11 Å². The Kier molecular flexibility index (Phi) is 3.20. The van der Waals surface area contributed by atoms with E-state index in [0.717, 1.165) is 6.20 Å². The van der Waals surface area contributed by atoms with Gasteiger partial charge in [0.25, 0.3) is 6.43 Å². The van der Waals surface area contributed by atoms with Crippen LogP contribution in [-0.4, -0.2) is 10.1 Å². The van der Waals surface area contributed by atoms with Gasteiger partial charge in [0.05, 0.1) is 17.5 Å². The highest BCUT2D eigenvalue weighted by Gasteiger charge is 2.19. The first-order valence-corrected chi connectivity index (χ1v) is 3.97. The molecule has 0 aliphatic heterocycles. The molecule has 0 fully saturated rings. The fourth-order valence-electron chi connectivity index (χ4n) is 0.940. The second-order valence-corrected chi connectivity index (χ2v) is 2.86. The molecule has 0 aromatic carbocycles. The fourth-order valence-corrected chi connectivity index (χ4v) is 1.15. The van der Waals surface area contributed by atoms with Crippen molar-refractivity contribution >= 4 is 11.6 Å². The second-order valence-electron chi connectivity index (χ2n) is 2.45. The summed E-state index contributed by atoms with van der Waals surface area (Å²) in [6, 6.07) is 1.71. The summed E-state index contributed by atoms with van der Waals surface area (Å²) in [5.41, 5.74) is -0.765. The van der Waals surface area contributed by atoms with Gasteiger partial charge in [-0.3, -0.25) is 0 Å². The zero-order valence-electron chi connectivity index (χ0n) is 6.84. The van der Waals surface area contributed by atoms with Gasteiger partial charge in [-0.2, -0.15) is 5.26 Å². The smallest absolute Gasteiger partial charge is 0.284 e. The third kappa shape index (κ3) is 1.91. The van der Waals surface area contributed by atoms with Gasteiger partial charge in [-0.25, -0.2) is 13.8 Å². The first-order chi connectivity index (χ1) is 6.57. The molecule has 0 amide bonds. The lowest BCUT2D eigenvalue weighted by Gasteiger charge is -2.07. The maximum atomic E-state index is 12.2. The molecule has 1 rings (SSSR count). The standard InChI is InChI=1S/C8H5ClF2N2O/c9-5-3-13-6(8(10)11)7(14)4(5)1-2-12/h3,8,14H,1H2. The van der Waals surface area contributed by atoms with Gasteiger partial charge in [-0.15, -0.1) is 0 Å². The van der Waals surface area contributed by atoms with Crippen molar-refractivity contribution in [1.29, 1.82) is 5.26 Å². The highest BCUT2D eigenvalue weighted by molar-refractivity contribution is 6.31. The van der Waals surface area contributed by atoms with Gasteiger partial charge in [0.1, 0.15) is 11.4 Å². The molecule has 0 spiro atoms. The molecule has 74 valence electrons. The van der Waals surface area contributed by atoms with Crippen LogP contribution >= 0.6 is 11.6 Å². The summed E-state index contributed by atoms with van der Waals surface area (Å²) in [6.07, 6.45) is -2.12. The van der Waals surface area contributed by atoms with Gasteiger partial charge in [0, 0.05) is 11.8 Å². The minimum atomic E-state index is -2.88. The summed E-state index contributed by atoms with van der Waals surface area (Å²) in [5.74, 6) is -0.700. The molecule has 0 atom stereocenters. The minimum absolute atomic E-state index is 0.00782. The molecule has 14 heavy (non-hydrogen) atoms. The van der Waals surface area contributed by atoms with E-state index < -0.39 is 17.9 Å². The second kappa shape index (κ2) is 4.20. The van der Waals surface area contributed by atoms with Gasteiger partial charge in [0.2, 0.25) is 0 Å². The molecule has 1 aromatic heterocycles. The van der Waals surface area contributed by atoms with Gasteiger partial charge >= 0.3 is 0 Å². The first kappa shape index (κ1) is 10.7. The molecule has 3 nitrogen and oxygen atoms in total. The molecule has 0 radical (unpaired) electrons. The van der Waals surface area contributed by atoms with E-state index in [2.05, 4.69) is 4.98 Å². The zero-order chi connectivity index (χ0) is 10.7. The van der Waals surface area contributed by atoms with Crippen molar-refractivity contribution < 1.29 is 13.9 Å². The fraction of sp³-hybridized carbons (Fsp3) is 0.250. The highest BCUT2D eigenvalue weighted by atomic mass is 35.5. The van der Waals surface area contributed by atoms with Crippen molar-refractivity contribution in [3.05, 3.63) is 22.5 Å². The van der Waals surface area contributed by atoms with Crippen molar-refractivity contribution in [2.45, 2.75) is 12.8 Å². The Labute approximate surface area is 83.6 Å². The van der Waals surface area contributed by atoms with E-state index in [4.69, 9.17) is 16.9 Å². The molecular weight excluding hydrogens is 214 g/mol. The molecule has 6 heteroatoms. The van der Waals surface area contributed by atoms with E-state index in [9.17, 15) is 13.9 Å². The molecule has 1 heterocycles. The summed E-state index contributed by atoms with van der Waals surface area (Å²) < 4.78 is 24.5. The Hall–Kier alpha value is -1.41. The third-order valence-corrected chi connectivity index (χ3v) is 1.92. The van der Waals surface area contributed by atoms with Crippen LogP contribution in [-0.2, 0) is 6.42 Å². The van der Waals surface area contributed by atoms with Crippen LogP contribution in [0.4, 0.5) is 8.78 Å². The number of hydrogen-bond donors (Lipinski definition) is 1. The number of rotatable bonds is 2. The van der Waals surface area contributed by atoms with Crippen LogP contribution in [0.2, 0.25) is 5.02 Å². The topological polar surface area (TPSA) is 56.9 Å². The minimum Gasteiger partial charge on any atom is -0.505 e. The summed E-state index contributed by atoms with van der Waals surface area (Å²) in [4.78, 5) is 3.28. The van der Waals surface area contributed by atoms with Crippen LogP contribution in [0, 0.1) is 11.3 Å². The molecule has 0 aliphatic rings.